The third-order valence-electron chi connectivity index (χ3n) is 3.24. The molecule has 2 aromatic rings. The topological polar surface area (TPSA) is 46.9 Å². The number of aromatic nitrogens is 2. The molecule has 0 saturated heterocycles. The molecular weight excluding hydrogens is 336 g/mol. The van der Waals surface area contributed by atoms with Crippen molar-refractivity contribution in [3.8, 4) is 0 Å². The number of hydrogen-bond donors (Lipinski definition) is 1. The number of carbonyl (C=O) groups is 1. The summed E-state index contributed by atoms with van der Waals surface area (Å²) >= 11 is 6.27. The number of hydrogen-bond acceptors (Lipinski definition) is 2. The molecule has 7 heteroatoms. The Balaban J connectivity index is 2.14. The Morgan fingerprint density at radius 3 is 2.79 bits per heavy atom. The summed E-state index contributed by atoms with van der Waals surface area (Å²) in [6.45, 7) is 6.54. The van der Waals surface area contributed by atoms with Crippen LogP contribution in [-0.2, 0) is 11.3 Å². The van der Waals surface area contributed by atoms with E-state index in [0.717, 1.165) is 18.2 Å². The summed E-state index contributed by atoms with van der Waals surface area (Å²) in [4.78, 5) is 11.9. The van der Waals surface area contributed by atoms with Crippen LogP contribution in [0.25, 0.3) is 6.08 Å². The zero-order chi connectivity index (χ0) is 17.9. The fourth-order valence-corrected chi connectivity index (χ4v) is 2.46. The highest BCUT2D eigenvalue weighted by Crippen LogP contribution is 2.22. The minimum atomic E-state index is -0.711. The smallest absolute Gasteiger partial charge is 0.248 e. The number of aryl methyl sites for hydroxylation is 1. The number of rotatable bonds is 5. The molecule has 1 aromatic carbocycles. The van der Waals surface area contributed by atoms with Gasteiger partial charge in [0.1, 0.15) is 16.8 Å². The van der Waals surface area contributed by atoms with Crippen molar-refractivity contribution in [3.05, 3.63) is 52.3 Å². The second kappa shape index (κ2) is 7.57. The molecule has 1 N–H and O–H groups in total. The molecule has 0 atom stereocenters. The molecule has 1 amide bonds. The van der Waals surface area contributed by atoms with Crippen LogP contribution in [0.4, 0.5) is 14.5 Å². The van der Waals surface area contributed by atoms with Crippen molar-refractivity contribution < 1.29 is 13.6 Å². The molecule has 4 nitrogen and oxygen atoms in total. The van der Waals surface area contributed by atoms with Gasteiger partial charge in [0, 0.05) is 24.3 Å². The summed E-state index contributed by atoms with van der Waals surface area (Å²) in [5.74, 6) is -1.56. The van der Waals surface area contributed by atoms with Gasteiger partial charge in [0.25, 0.3) is 0 Å². The first kappa shape index (κ1) is 18.1. The standard InChI is InChI=1S/C17H18ClF2N3O/c1-10(2)9-23-17(18)13(11(3)22-23)5-7-16(24)21-15-8-12(19)4-6-14(15)20/h4-8,10H,9H2,1-3H3,(H,21,24)/b7-5+. The summed E-state index contributed by atoms with van der Waals surface area (Å²) < 4.78 is 28.3. The Kier molecular flexibility index (Phi) is 5.72. The minimum Gasteiger partial charge on any atom is -0.320 e. The molecule has 0 aliphatic heterocycles. The van der Waals surface area contributed by atoms with Gasteiger partial charge >= 0.3 is 0 Å². The third kappa shape index (κ3) is 4.41. The van der Waals surface area contributed by atoms with Crippen molar-refractivity contribution in [2.45, 2.75) is 27.3 Å². The molecule has 1 heterocycles. The Morgan fingerprint density at radius 1 is 1.42 bits per heavy atom. The van der Waals surface area contributed by atoms with E-state index < -0.39 is 17.5 Å². The van der Waals surface area contributed by atoms with Crippen LogP contribution in [0, 0.1) is 24.5 Å². The number of anilines is 1. The van der Waals surface area contributed by atoms with Crippen molar-refractivity contribution in [1.29, 1.82) is 0 Å². The van der Waals surface area contributed by atoms with Gasteiger partial charge < -0.3 is 5.32 Å². The number of amides is 1. The lowest BCUT2D eigenvalue weighted by Gasteiger charge is -2.05. The van der Waals surface area contributed by atoms with E-state index in [1.165, 1.54) is 12.2 Å². The summed E-state index contributed by atoms with van der Waals surface area (Å²) in [5, 5.41) is 7.05. The lowest BCUT2D eigenvalue weighted by Crippen LogP contribution is -2.09. The van der Waals surface area contributed by atoms with E-state index in [4.69, 9.17) is 11.6 Å². The van der Waals surface area contributed by atoms with Crippen LogP contribution in [0.2, 0.25) is 5.15 Å². The van der Waals surface area contributed by atoms with E-state index >= 15 is 0 Å². The quantitative estimate of drug-likeness (QED) is 0.808. The third-order valence-corrected chi connectivity index (χ3v) is 3.63. The largest absolute Gasteiger partial charge is 0.320 e. The van der Waals surface area contributed by atoms with E-state index in [1.807, 2.05) is 13.8 Å². The lowest BCUT2D eigenvalue weighted by atomic mass is 10.2. The molecule has 2 rings (SSSR count). The van der Waals surface area contributed by atoms with Crippen LogP contribution in [-0.4, -0.2) is 15.7 Å². The number of halogens is 3. The van der Waals surface area contributed by atoms with Gasteiger partial charge in [-0.25, -0.2) is 8.78 Å². The number of nitrogens with one attached hydrogen (secondary N) is 1. The van der Waals surface area contributed by atoms with Gasteiger partial charge in [0.15, 0.2) is 0 Å². The summed E-state index contributed by atoms with van der Waals surface area (Å²) in [7, 11) is 0. The first-order valence-corrected chi connectivity index (χ1v) is 7.82. The monoisotopic (exact) mass is 353 g/mol. The fraction of sp³-hybridized carbons (Fsp3) is 0.294. The second-order valence-corrected chi connectivity index (χ2v) is 6.17. The Bertz CT molecular complexity index is 784. The fourth-order valence-electron chi connectivity index (χ4n) is 2.15. The Hall–Kier alpha value is -2.21. The van der Waals surface area contributed by atoms with Crippen LogP contribution in [0.15, 0.2) is 24.3 Å². The lowest BCUT2D eigenvalue weighted by molar-refractivity contribution is -0.111. The average molecular weight is 354 g/mol. The van der Waals surface area contributed by atoms with E-state index in [-0.39, 0.29) is 5.69 Å². The SMILES string of the molecule is Cc1nn(CC(C)C)c(Cl)c1/C=C/C(=O)Nc1cc(F)ccc1F. The molecule has 24 heavy (non-hydrogen) atoms. The molecule has 0 unspecified atom stereocenters. The first-order valence-electron chi connectivity index (χ1n) is 7.45. The van der Waals surface area contributed by atoms with Gasteiger partial charge in [-0.05, 0) is 31.1 Å². The van der Waals surface area contributed by atoms with Crippen LogP contribution < -0.4 is 5.32 Å². The van der Waals surface area contributed by atoms with Crippen molar-refractivity contribution in [2.24, 2.45) is 5.92 Å². The Morgan fingerprint density at radius 2 is 2.12 bits per heavy atom. The highest BCUT2D eigenvalue weighted by Gasteiger charge is 2.12. The van der Waals surface area contributed by atoms with E-state index in [0.29, 0.717) is 28.9 Å². The molecule has 0 aliphatic carbocycles. The zero-order valence-corrected chi connectivity index (χ0v) is 14.4. The maximum atomic E-state index is 13.5. The van der Waals surface area contributed by atoms with Gasteiger partial charge in [0.2, 0.25) is 5.91 Å². The van der Waals surface area contributed by atoms with Crippen LogP contribution in [0.1, 0.15) is 25.1 Å². The Labute approximate surface area is 144 Å². The highest BCUT2D eigenvalue weighted by molar-refractivity contribution is 6.31. The molecule has 1 aromatic heterocycles. The zero-order valence-electron chi connectivity index (χ0n) is 13.6. The molecular formula is C17H18ClF2N3O. The highest BCUT2D eigenvalue weighted by atomic mass is 35.5. The molecule has 0 saturated carbocycles. The number of carbonyl (C=O) groups excluding carboxylic acids is 1. The predicted octanol–water partition coefficient (Wildman–Crippen LogP) is 4.43. The molecule has 128 valence electrons. The maximum Gasteiger partial charge on any atom is 0.248 e. The van der Waals surface area contributed by atoms with Crippen LogP contribution in [0.3, 0.4) is 0 Å². The van der Waals surface area contributed by atoms with E-state index in [9.17, 15) is 13.6 Å². The molecule has 0 spiro atoms. The predicted molar refractivity (Wildman–Crippen MR) is 90.8 cm³/mol. The summed E-state index contributed by atoms with van der Waals surface area (Å²) in [5.41, 5.74) is 1.08. The molecule has 0 bridgehead atoms. The minimum absolute atomic E-state index is 0.219. The molecule has 0 aliphatic rings. The molecule has 0 fully saturated rings. The first-order chi connectivity index (χ1) is 11.3. The van der Waals surface area contributed by atoms with Gasteiger partial charge in [-0.1, -0.05) is 25.4 Å². The van der Waals surface area contributed by atoms with Crippen molar-refractivity contribution in [2.75, 3.05) is 5.32 Å². The van der Waals surface area contributed by atoms with Gasteiger partial charge in [0.05, 0.1) is 11.4 Å². The van der Waals surface area contributed by atoms with E-state index in [1.54, 1.807) is 11.6 Å². The van der Waals surface area contributed by atoms with Gasteiger partial charge in [-0.15, -0.1) is 0 Å². The maximum absolute atomic E-state index is 13.5. The second-order valence-electron chi connectivity index (χ2n) is 5.81. The van der Waals surface area contributed by atoms with Crippen LogP contribution in [0.5, 0.6) is 0 Å². The summed E-state index contributed by atoms with van der Waals surface area (Å²) in [6.07, 6.45) is 2.72. The van der Waals surface area contributed by atoms with Crippen molar-refractivity contribution in [3.63, 3.8) is 0 Å². The van der Waals surface area contributed by atoms with Gasteiger partial charge in [-0.2, -0.15) is 5.10 Å². The van der Waals surface area contributed by atoms with Crippen LogP contribution >= 0.6 is 11.6 Å². The molecule has 0 radical (unpaired) electrons. The van der Waals surface area contributed by atoms with Crippen molar-refractivity contribution in [1.82, 2.24) is 9.78 Å². The average Bonchev–Trinajstić information content (AvgIpc) is 2.74. The van der Waals surface area contributed by atoms with Crippen molar-refractivity contribution >= 4 is 29.3 Å². The normalized spacial score (nSPS) is 11.5. The number of nitrogens with zero attached hydrogens (tertiary/aromatic N) is 2. The van der Waals surface area contributed by atoms with Gasteiger partial charge in [-0.3, -0.25) is 9.48 Å². The van der Waals surface area contributed by atoms with E-state index in [2.05, 4.69) is 10.4 Å². The summed E-state index contributed by atoms with van der Waals surface area (Å²) in [6, 6.07) is 2.85. The number of benzene rings is 1.